The quantitative estimate of drug-likeness (QED) is 0.274. The third kappa shape index (κ3) is 9.14. The fourth-order valence-electron chi connectivity index (χ4n) is 1.93. The van der Waals surface area contributed by atoms with Gasteiger partial charge in [-0.1, -0.05) is 78.2 Å². The molecular formula is C20H40O2Si2. The highest BCUT2D eigenvalue weighted by Gasteiger charge is 2.39. The molecule has 0 unspecified atom stereocenters. The molecular weight excluding hydrogens is 328 g/mol. The van der Waals surface area contributed by atoms with E-state index in [-0.39, 0.29) is 11.1 Å². The molecule has 0 aromatic carbocycles. The van der Waals surface area contributed by atoms with Crippen LogP contribution in [0.1, 0.15) is 41.0 Å². The summed E-state index contributed by atoms with van der Waals surface area (Å²) < 4.78 is 6.71. The lowest BCUT2D eigenvalue weighted by Crippen LogP contribution is -2.45. The van der Waals surface area contributed by atoms with Crippen molar-refractivity contribution in [3.63, 3.8) is 0 Å². The number of hydrogen-bond acceptors (Lipinski definition) is 2. The van der Waals surface area contributed by atoms with Gasteiger partial charge in [-0.25, -0.2) is 0 Å². The highest BCUT2D eigenvalue weighted by atomic mass is 28.4. The van der Waals surface area contributed by atoms with E-state index in [4.69, 9.17) is 4.43 Å². The highest BCUT2D eigenvalue weighted by molar-refractivity contribution is 6.81. The normalized spacial score (nSPS) is 18.1. The van der Waals surface area contributed by atoms with Gasteiger partial charge in [-0.3, -0.25) is 0 Å². The zero-order valence-electron chi connectivity index (χ0n) is 17.6. The summed E-state index contributed by atoms with van der Waals surface area (Å²) in [5.41, 5.74) is 2.39. The van der Waals surface area contributed by atoms with Gasteiger partial charge in [0.1, 0.15) is 6.29 Å². The van der Waals surface area contributed by atoms with E-state index in [1.807, 2.05) is 0 Å². The first-order valence-corrected chi connectivity index (χ1v) is 15.7. The average Bonchev–Trinajstić information content (AvgIpc) is 2.38. The Morgan fingerprint density at radius 1 is 0.958 bits per heavy atom. The van der Waals surface area contributed by atoms with Crippen molar-refractivity contribution in [1.29, 1.82) is 0 Å². The molecule has 0 saturated carbocycles. The summed E-state index contributed by atoms with van der Waals surface area (Å²) in [7, 11) is -3.08. The summed E-state index contributed by atoms with van der Waals surface area (Å²) in [6.07, 6.45) is 8.36. The summed E-state index contributed by atoms with van der Waals surface area (Å²) in [5.74, 6) is 0.597. The molecule has 140 valence electrons. The van der Waals surface area contributed by atoms with E-state index in [1.54, 1.807) is 0 Å². The van der Waals surface area contributed by atoms with E-state index in [1.165, 1.54) is 0 Å². The van der Waals surface area contributed by atoms with E-state index < -0.39 is 16.4 Å². The number of aldehydes is 1. The second kappa shape index (κ2) is 9.30. The molecule has 0 saturated heterocycles. The Labute approximate surface area is 152 Å². The lowest BCUT2D eigenvalue weighted by Gasteiger charge is -2.40. The van der Waals surface area contributed by atoms with Gasteiger partial charge in [0.2, 0.25) is 0 Å². The predicted molar refractivity (Wildman–Crippen MR) is 113 cm³/mol. The van der Waals surface area contributed by atoms with Crippen LogP contribution in [0.4, 0.5) is 0 Å². The fourth-order valence-corrected chi connectivity index (χ4v) is 4.02. The maximum Gasteiger partial charge on any atom is 0.192 e. The van der Waals surface area contributed by atoms with Gasteiger partial charge in [0.25, 0.3) is 0 Å². The van der Waals surface area contributed by atoms with Gasteiger partial charge in [-0.15, -0.1) is 0 Å². The van der Waals surface area contributed by atoms with Crippen molar-refractivity contribution in [1.82, 2.24) is 0 Å². The van der Waals surface area contributed by atoms with Crippen LogP contribution in [-0.4, -0.2) is 28.8 Å². The van der Waals surface area contributed by atoms with E-state index in [9.17, 15) is 4.79 Å². The van der Waals surface area contributed by atoms with Crippen molar-refractivity contribution < 1.29 is 9.22 Å². The summed E-state index contributed by atoms with van der Waals surface area (Å²) >= 11 is 0. The van der Waals surface area contributed by atoms with Crippen molar-refractivity contribution >= 4 is 22.7 Å². The van der Waals surface area contributed by atoms with E-state index in [0.29, 0.717) is 18.3 Å². The molecule has 0 N–H and O–H groups in total. The number of carbonyl (C=O) groups is 1. The maximum atomic E-state index is 10.6. The molecule has 0 aliphatic carbocycles. The minimum Gasteiger partial charge on any atom is -0.410 e. The van der Waals surface area contributed by atoms with Crippen molar-refractivity contribution in [3.8, 4) is 0 Å². The molecule has 0 aliphatic heterocycles. The van der Waals surface area contributed by atoms with Gasteiger partial charge in [0, 0.05) is 12.3 Å². The molecule has 0 aromatic heterocycles. The number of allylic oxidation sites excluding steroid dienone is 1. The maximum absolute atomic E-state index is 10.6. The van der Waals surface area contributed by atoms with Gasteiger partial charge < -0.3 is 9.22 Å². The molecule has 0 aliphatic rings. The average molecular weight is 369 g/mol. The molecule has 0 aromatic rings. The molecule has 0 radical (unpaired) electrons. The summed E-state index contributed by atoms with van der Waals surface area (Å²) in [6, 6.07) is 0. The van der Waals surface area contributed by atoms with Crippen LogP contribution in [0.5, 0.6) is 0 Å². The van der Waals surface area contributed by atoms with Crippen LogP contribution in [0.3, 0.4) is 0 Å². The topological polar surface area (TPSA) is 26.3 Å². The monoisotopic (exact) mass is 368 g/mol. The third-order valence-corrected chi connectivity index (χ3v) is 10.4. The number of rotatable bonds is 9. The largest absolute Gasteiger partial charge is 0.410 e. The number of hydrogen-bond donors (Lipinski definition) is 0. The van der Waals surface area contributed by atoms with Crippen LogP contribution in [0.2, 0.25) is 37.8 Å². The predicted octanol–water partition coefficient (Wildman–Crippen LogP) is 6.23. The Balaban J connectivity index is 5.33. The molecule has 0 heterocycles. The van der Waals surface area contributed by atoms with E-state index in [2.05, 4.69) is 91.3 Å². The molecule has 0 amide bonds. The molecule has 0 rings (SSSR count). The van der Waals surface area contributed by atoms with Gasteiger partial charge in [-0.2, -0.15) is 0 Å². The van der Waals surface area contributed by atoms with Crippen LogP contribution in [0.15, 0.2) is 23.9 Å². The minimum atomic E-state index is -1.82. The Morgan fingerprint density at radius 2 is 1.50 bits per heavy atom. The second-order valence-corrected chi connectivity index (χ2v) is 19.5. The standard InChI is InChI=1S/C20H40O2Si2/c1-17(13-15-21)11-12-18(2)19(14-16-23(6,7)8)22-24(9,10)20(3,4)5/h11-12,14-19H,13H2,1-10H3/b12-11+,16-14+/t17-,18-,19-/m1/s1. The molecule has 24 heavy (non-hydrogen) atoms. The lowest BCUT2D eigenvalue weighted by atomic mass is 10.0. The minimum absolute atomic E-state index is 0.109. The second-order valence-electron chi connectivity index (χ2n) is 9.69. The fraction of sp³-hybridized carbons (Fsp3) is 0.750. The van der Waals surface area contributed by atoms with Crippen LogP contribution in [0, 0.1) is 11.8 Å². The van der Waals surface area contributed by atoms with Crippen LogP contribution in [-0.2, 0) is 9.22 Å². The van der Waals surface area contributed by atoms with Gasteiger partial charge in [0.05, 0.1) is 14.2 Å². The van der Waals surface area contributed by atoms with Gasteiger partial charge >= 0.3 is 0 Å². The zero-order valence-corrected chi connectivity index (χ0v) is 19.6. The molecule has 0 spiro atoms. The van der Waals surface area contributed by atoms with E-state index in [0.717, 1.165) is 6.29 Å². The van der Waals surface area contributed by atoms with Crippen LogP contribution < -0.4 is 0 Å². The van der Waals surface area contributed by atoms with Crippen molar-refractivity contribution in [2.24, 2.45) is 11.8 Å². The summed E-state index contributed by atoms with van der Waals surface area (Å²) in [5, 5.41) is 0.201. The number of carbonyl (C=O) groups excluding carboxylic acids is 1. The first kappa shape index (κ1) is 23.5. The lowest BCUT2D eigenvalue weighted by molar-refractivity contribution is -0.108. The van der Waals surface area contributed by atoms with Crippen molar-refractivity contribution in [2.75, 3.05) is 0 Å². The zero-order chi connectivity index (χ0) is 19.2. The Morgan fingerprint density at radius 3 is 1.92 bits per heavy atom. The first-order chi connectivity index (χ1) is 10.7. The first-order valence-electron chi connectivity index (χ1n) is 9.19. The summed E-state index contributed by atoms with van der Waals surface area (Å²) in [6.45, 7) is 22.8. The van der Waals surface area contributed by atoms with E-state index >= 15 is 0 Å². The SMILES string of the molecule is C[C@H](/C=C/[C@@H](C)[C@@H](/C=C/[Si](C)(C)C)O[Si](C)(C)C(C)(C)C)CC=O. The van der Waals surface area contributed by atoms with Crippen LogP contribution in [0.25, 0.3) is 0 Å². The van der Waals surface area contributed by atoms with Crippen LogP contribution >= 0.6 is 0 Å². The Bertz CT molecular complexity index is 440. The van der Waals surface area contributed by atoms with Gasteiger partial charge in [-0.05, 0) is 24.1 Å². The highest BCUT2D eigenvalue weighted by Crippen LogP contribution is 2.38. The Hall–Kier alpha value is -0.456. The third-order valence-electron chi connectivity index (χ3n) is 4.75. The Kier molecular flexibility index (Phi) is 9.12. The smallest absolute Gasteiger partial charge is 0.192 e. The molecule has 3 atom stereocenters. The van der Waals surface area contributed by atoms with Gasteiger partial charge in [0.15, 0.2) is 8.32 Å². The molecule has 4 heteroatoms. The van der Waals surface area contributed by atoms with Crippen molar-refractivity contribution in [3.05, 3.63) is 23.9 Å². The van der Waals surface area contributed by atoms with Crippen molar-refractivity contribution in [2.45, 2.75) is 84.9 Å². The molecule has 2 nitrogen and oxygen atoms in total. The molecule has 0 fully saturated rings. The summed E-state index contributed by atoms with van der Waals surface area (Å²) in [4.78, 5) is 10.6. The molecule has 0 bridgehead atoms.